The number of benzene rings is 1. The second-order valence-corrected chi connectivity index (χ2v) is 4.32. The molecule has 0 aliphatic rings. The summed E-state index contributed by atoms with van der Waals surface area (Å²) in [6.07, 6.45) is 2.60. The Morgan fingerprint density at radius 2 is 1.86 bits per heavy atom. The van der Waals surface area contributed by atoms with Crippen LogP contribution in [0.4, 0.5) is 17.1 Å². The fourth-order valence-electron chi connectivity index (χ4n) is 1.93. The first-order chi connectivity index (χ1) is 10.0. The van der Waals surface area contributed by atoms with Crippen molar-refractivity contribution in [3.05, 3.63) is 68.0 Å². The van der Waals surface area contributed by atoms with Gasteiger partial charge in [-0.2, -0.15) is 0 Å². The third-order valence-corrected chi connectivity index (χ3v) is 3.08. The minimum absolute atomic E-state index is 0.0264. The summed E-state index contributed by atoms with van der Waals surface area (Å²) in [6.45, 7) is 1.90. The third-order valence-electron chi connectivity index (χ3n) is 3.08. The quantitative estimate of drug-likeness (QED) is 0.668. The number of pyridine rings is 1. The molecule has 0 radical (unpaired) electrons. The number of aromatic nitrogens is 1. The fraction of sp³-hybridized carbons (Fsp3) is 0.154. The van der Waals surface area contributed by atoms with Gasteiger partial charge in [0.25, 0.3) is 5.69 Å². The minimum Gasteiger partial charge on any atom is -0.375 e. The lowest BCUT2D eigenvalue weighted by atomic mass is 10.1. The lowest BCUT2D eigenvalue weighted by Gasteiger charge is -2.09. The predicted molar refractivity (Wildman–Crippen MR) is 76.1 cm³/mol. The Bertz CT molecular complexity index is 702. The van der Waals surface area contributed by atoms with E-state index >= 15 is 0 Å². The summed E-state index contributed by atoms with van der Waals surface area (Å²) >= 11 is 0. The molecule has 0 aliphatic carbocycles. The van der Waals surface area contributed by atoms with E-state index in [0.29, 0.717) is 16.8 Å². The van der Waals surface area contributed by atoms with Gasteiger partial charge >= 0.3 is 5.69 Å². The fourth-order valence-corrected chi connectivity index (χ4v) is 1.93. The molecule has 108 valence electrons. The van der Waals surface area contributed by atoms with E-state index in [9.17, 15) is 20.2 Å². The van der Waals surface area contributed by atoms with Crippen molar-refractivity contribution in [3.63, 3.8) is 0 Å². The van der Waals surface area contributed by atoms with Crippen LogP contribution in [0.3, 0.4) is 0 Å². The molecule has 0 saturated heterocycles. The van der Waals surface area contributed by atoms with Crippen molar-refractivity contribution in [1.82, 2.24) is 4.98 Å². The minimum atomic E-state index is -0.532. The normalized spacial score (nSPS) is 10.1. The zero-order chi connectivity index (χ0) is 15.4. The number of hydrogen-bond acceptors (Lipinski definition) is 6. The highest BCUT2D eigenvalue weighted by atomic mass is 16.6. The Kier molecular flexibility index (Phi) is 4.07. The summed E-state index contributed by atoms with van der Waals surface area (Å²) in [5.41, 5.74) is 1.45. The molecule has 0 unspecified atom stereocenters. The monoisotopic (exact) mass is 288 g/mol. The Balaban J connectivity index is 2.23. The van der Waals surface area contributed by atoms with Gasteiger partial charge in [0.15, 0.2) is 0 Å². The van der Waals surface area contributed by atoms with Crippen LogP contribution >= 0.6 is 0 Å². The van der Waals surface area contributed by atoms with Gasteiger partial charge in [0.05, 0.1) is 9.85 Å². The Labute approximate surface area is 119 Å². The maximum absolute atomic E-state index is 10.9. The molecule has 0 bridgehead atoms. The standard InChI is InChI=1S/C13H12N4O4/c1-9-10(3-2-4-12(9)16(18)19)7-15-11-5-6-14-8-13(11)17(20)21/h2-6,8H,7H2,1H3,(H,14,15). The van der Waals surface area contributed by atoms with Crippen LogP contribution in [0.2, 0.25) is 0 Å². The molecule has 21 heavy (non-hydrogen) atoms. The van der Waals surface area contributed by atoms with E-state index < -0.39 is 9.85 Å². The van der Waals surface area contributed by atoms with E-state index in [1.807, 2.05) is 0 Å². The van der Waals surface area contributed by atoms with Gasteiger partial charge in [-0.05, 0) is 18.6 Å². The van der Waals surface area contributed by atoms with Gasteiger partial charge in [-0.25, -0.2) is 0 Å². The maximum Gasteiger partial charge on any atom is 0.310 e. The first kappa shape index (κ1) is 14.4. The first-order valence-corrected chi connectivity index (χ1v) is 6.06. The van der Waals surface area contributed by atoms with Crippen molar-refractivity contribution >= 4 is 17.1 Å². The number of rotatable bonds is 5. The highest BCUT2D eigenvalue weighted by molar-refractivity contribution is 5.60. The van der Waals surface area contributed by atoms with Gasteiger partial charge in [-0.3, -0.25) is 25.2 Å². The van der Waals surface area contributed by atoms with E-state index in [2.05, 4.69) is 10.3 Å². The molecular formula is C13H12N4O4. The average molecular weight is 288 g/mol. The van der Waals surface area contributed by atoms with Gasteiger partial charge in [-0.1, -0.05) is 12.1 Å². The van der Waals surface area contributed by atoms with Crippen molar-refractivity contribution in [1.29, 1.82) is 0 Å². The Morgan fingerprint density at radius 3 is 2.52 bits per heavy atom. The topological polar surface area (TPSA) is 111 Å². The summed E-state index contributed by atoms with van der Waals surface area (Å²) in [6, 6.07) is 6.24. The molecule has 1 N–H and O–H groups in total. The van der Waals surface area contributed by atoms with Crippen LogP contribution < -0.4 is 5.32 Å². The summed E-state index contributed by atoms with van der Waals surface area (Å²) < 4.78 is 0. The largest absolute Gasteiger partial charge is 0.375 e. The summed E-state index contributed by atoms with van der Waals surface area (Å²) in [7, 11) is 0. The molecule has 0 aliphatic heterocycles. The molecule has 1 aromatic heterocycles. The van der Waals surface area contributed by atoms with Crippen LogP contribution in [0.25, 0.3) is 0 Å². The van der Waals surface area contributed by atoms with Gasteiger partial charge in [-0.15, -0.1) is 0 Å². The SMILES string of the molecule is Cc1c(CNc2ccncc2[N+](=O)[O-])cccc1[N+](=O)[O-]. The van der Waals surface area contributed by atoms with Crippen molar-refractivity contribution < 1.29 is 9.85 Å². The molecule has 1 heterocycles. The molecular weight excluding hydrogens is 276 g/mol. The number of nitrogens with zero attached hydrogens (tertiary/aromatic N) is 3. The highest BCUT2D eigenvalue weighted by Crippen LogP contribution is 2.25. The van der Waals surface area contributed by atoms with E-state index in [0.717, 1.165) is 6.20 Å². The summed E-state index contributed by atoms with van der Waals surface area (Å²) in [5.74, 6) is 0. The number of nitro groups is 2. The van der Waals surface area contributed by atoms with Gasteiger partial charge in [0, 0.05) is 24.4 Å². The number of nitro benzene ring substituents is 1. The number of anilines is 1. The Hall–Kier alpha value is -3.03. The molecule has 0 saturated carbocycles. The van der Waals surface area contributed by atoms with Gasteiger partial charge < -0.3 is 5.32 Å². The van der Waals surface area contributed by atoms with Gasteiger partial charge in [0.1, 0.15) is 11.9 Å². The predicted octanol–water partition coefficient (Wildman–Crippen LogP) is 2.82. The number of hydrogen-bond donors (Lipinski definition) is 1. The lowest BCUT2D eigenvalue weighted by Crippen LogP contribution is -2.05. The van der Waals surface area contributed by atoms with Gasteiger partial charge in [0.2, 0.25) is 0 Å². The van der Waals surface area contributed by atoms with Crippen LogP contribution in [0, 0.1) is 27.2 Å². The molecule has 0 spiro atoms. The molecule has 2 aromatic rings. The van der Waals surface area contributed by atoms with E-state index in [1.165, 1.54) is 18.3 Å². The van der Waals surface area contributed by atoms with Crippen LogP contribution in [-0.4, -0.2) is 14.8 Å². The molecule has 0 atom stereocenters. The maximum atomic E-state index is 10.9. The van der Waals surface area contributed by atoms with E-state index in [-0.39, 0.29) is 17.9 Å². The van der Waals surface area contributed by atoms with E-state index in [1.54, 1.807) is 19.1 Å². The van der Waals surface area contributed by atoms with Crippen LogP contribution in [0.15, 0.2) is 36.7 Å². The smallest absolute Gasteiger partial charge is 0.310 e. The summed E-state index contributed by atoms with van der Waals surface area (Å²) in [4.78, 5) is 24.5. The Morgan fingerprint density at radius 1 is 1.14 bits per heavy atom. The molecule has 8 heteroatoms. The zero-order valence-corrected chi connectivity index (χ0v) is 11.1. The molecule has 0 amide bonds. The molecule has 8 nitrogen and oxygen atoms in total. The molecule has 2 rings (SSSR count). The van der Waals surface area contributed by atoms with E-state index in [4.69, 9.17) is 0 Å². The third kappa shape index (κ3) is 3.11. The first-order valence-electron chi connectivity index (χ1n) is 6.06. The molecule has 0 fully saturated rings. The van der Waals surface area contributed by atoms with Crippen molar-refractivity contribution in [2.45, 2.75) is 13.5 Å². The molecule has 1 aromatic carbocycles. The second-order valence-electron chi connectivity index (χ2n) is 4.32. The van der Waals surface area contributed by atoms with Crippen LogP contribution in [-0.2, 0) is 6.54 Å². The highest BCUT2D eigenvalue weighted by Gasteiger charge is 2.15. The lowest BCUT2D eigenvalue weighted by molar-refractivity contribution is -0.385. The van der Waals surface area contributed by atoms with Crippen molar-refractivity contribution in [3.8, 4) is 0 Å². The van der Waals surface area contributed by atoms with Crippen LogP contribution in [0.1, 0.15) is 11.1 Å². The summed E-state index contributed by atoms with van der Waals surface area (Å²) in [5, 5.41) is 24.7. The average Bonchev–Trinajstić information content (AvgIpc) is 2.46. The number of nitrogens with one attached hydrogen (secondary N) is 1. The zero-order valence-electron chi connectivity index (χ0n) is 11.1. The van der Waals surface area contributed by atoms with Crippen molar-refractivity contribution in [2.24, 2.45) is 0 Å². The van der Waals surface area contributed by atoms with Crippen LogP contribution in [0.5, 0.6) is 0 Å². The van der Waals surface area contributed by atoms with Crippen molar-refractivity contribution in [2.75, 3.05) is 5.32 Å². The second kappa shape index (κ2) is 5.95.